The zero-order valence-electron chi connectivity index (χ0n) is 16.2. The molecule has 2 atom stereocenters. The minimum Gasteiger partial charge on any atom is -0.377 e. The molecule has 1 heterocycles. The molecule has 3 nitrogen and oxygen atoms in total. The summed E-state index contributed by atoms with van der Waals surface area (Å²) in [4.78, 5) is 12.2. The second-order valence-electron chi connectivity index (χ2n) is 8.28. The number of amides is 1. The fourth-order valence-corrected chi connectivity index (χ4v) is 3.57. The fraction of sp³-hybridized carbons (Fsp3) is 0.591. The predicted molar refractivity (Wildman–Crippen MR) is 103 cm³/mol. The summed E-state index contributed by atoms with van der Waals surface area (Å²) in [6, 6.07) is 10.4. The lowest BCUT2D eigenvalue weighted by molar-refractivity contribution is -0.118. The number of nitrogens with one attached hydrogen (secondary N) is 1. The van der Waals surface area contributed by atoms with Crippen LogP contribution in [-0.2, 0) is 16.0 Å². The molecular formula is C22H33NO2. The van der Waals surface area contributed by atoms with E-state index in [0.29, 0.717) is 12.5 Å². The smallest absolute Gasteiger partial charge is 0.243 e. The van der Waals surface area contributed by atoms with Gasteiger partial charge in [0, 0.05) is 25.1 Å². The third kappa shape index (κ3) is 6.66. The number of rotatable bonds is 6. The van der Waals surface area contributed by atoms with Crippen molar-refractivity contribution < 1.29 is 9.53 Å². The highest BCUT2D eigenvalue weighted by molar-refractivity contribution is 5.88. The molecule has 0 bridgehead atoms. The highest BCUT2D eigenvalue weighted by Gasteiger charge is 2.35. The van der Waals surface area contributed by atoms with Crippen LogP contribution in [-0.4, -0.2) is 25.2 Å². The molecule has 0 aromatic heterocycles. The summed E-state index contributed by atoms with van der Waals surface area (Å²) in [5.41, 5.74) is 2.54. The van der Waals surface area contributed by atoms with Crippen LogP contribution in [0.25, 0.3) is 0 Å². The summed E-state index contributed by atoms with van der Waals surface area (Å²) < 4.78 is 5.99. The Hall–Kier alpha value is -1.61. The van der Waals surface area contributed by atoms with E-state index in [-0.39, 0.29) is 17.4 Å². The summed E-state index contributed by atoms with van der Waals surface area (Å²) in [6.07, 6.45) is 6.05. The molecule has 1 aromatic rings. The molecule has 0 radical (unpaired) electrons. The quantitative estimate of drug-likeness (QED) is 0.771. The number of aryl methyl sites for hydroxylation is 1. The van der Waals surface area contributed by atoms with E-state index in [1.807, 2.05) is 13.0 Å². The molecule has 3 heteroatoms. The van der Waals surface area contributed by atoms with Crippen molar-refractivity contribution in [2.75, 3.05) is 13.2 Å². The molecule has 138 valence electrons. The van der Waals surface area contributed by atoms with Crippen molar-refractivity contribution >= 4 is 5.91 Å². The van der Waals surface area contributed by atoms with Gasteiger partial charge in [0.15, 0.2) is 0 Å². The number of hydrogen-bond donors (Lipinski definition) is 1. The molecular weight excluding hydrogens is 310 g/mol. The average molecular weight is 344 g/mol. The first-order valence-corrected chi connectivity index (χ1v) is 9.47. The zero-order valence-corrected chi connectivity index (χ0v) is 16.2. The maximum atomic E-state index is 12.2. The maximum absolute atomic E-state index is 12.2. The highest BCUT2D eigenvalue weighted by atomic mass is 16.5. The van der Waals surface area contributed by atoms with Gasteiger partial charge in [-0.05, 0) is 43.6 Å². The maximum Gasteiger partial charge on any atom is 0.243 e. The van der Waals surface area contributed by atoms with E-state index in [9.17, 15) is 4.79 Å². The second-order valence-corrected chi connectivity index (χ2v) is 8.28. The normalized spacial score (nSPS) is 21.8. The monoisotopic (exact) mass is 343 g/mol. The Kier molecular flexibility index (Phi) is 7.24. The van der Waals surface area contributed by atoms with Crippen LogP contribution in [0.5, 0.6) is 0 Å². The standard InChI is InChI=1S/C22H33NO2/c1-17(12-13-18-9-6-5-7-10-18)15-20(24)23-16-19-11-8-14-25-21(19)22(2,3)4/h5-7,9-10,15,19,21H,8,11-14,16H2,1-4H3,(H,23,24)/b17-15-. The van der Waals surface area contributed by atoms with E-state index >= 15 is 0 Å². The van der Waals surface area contributed by atoms with Crippen molar-refractivity contribution in [3.05, 3.63) is 47.5 Å². The van der Waals surface area contributed by atoms with Gasteiger partial charge in [0.25, 0.3) is 0 Å². The molecule has 1 N–H and O–H groups in total. The molecule has 1 aromatic carbocycles. The Morgan fingerprint density at radius 1 is 1.28 bits per heavy atom. The van der Waals surface area contributed by atoms with Gasteiger partial charge >= 0.3 is 0 Å². The van der Waals surface area contributed by atoms with Crippen molar-refractivity contribution in [2.24, 2.45) is 11.3 Å². The molecule has 2 rings (SSSR count). The molecule has 0 spiro atoms. The molecule has 1 aliphatic heterocycles. The molecule has 25 heavy (non-hydrogen) atoms. The average Bonchev–Trinajstić information content (AvgIpc) is 2.58. The van der Waals surface area contributed by atoms with E-state index in [4.69, 9.17) is 4.74 Å². The van der Waals surface area contributed by atoms with Crippen LogP contribution >= 0.6 is 0 Å². The van der Waals surface area contributed by atoms with Crippen molar-refractivity contribution in [1.29, 1.82) is 0 Å². The van der Waals surface area contributed by atoms with Gasteiger partial charge in [-0.25, -0.2) is 0 Å². The Morgan fingerprint density at radius 2 is 2.00 bits per heavy atom. The first kappa shape index (κ1) is 19.7. The largest absolute Gasteiger partial charge is 0.377 e. The van der Waals surface area contributed by atoms with Crippen LogP contribution in [0.15, 0.2) is 42.0 Å². The van der Waals surface area contributed by atoms with Crippen LogP contribution in [0.4, 0.5) is 0 Å². The number of carbonyl (C=O) groups is 1. The van der Waals surface area contributed by atoms with Crippen molar-refractivity contribution in [3.8, 4) is 0 Å². The minimum atomic E-state index is 0.0174. The van der Waals surface area contributed by atoms with Gasteiger partial charge in [-0.2, -0.15) is 0 Å². The lowest BCUT2D eigenvalue weighted by Crippen LogP contribution is -2.45. The number of carbonyl (C=O) groups excluding carboxylic acids is 1. The van der Waals surface area contributed by atoms with Gasteiger partial charge in [-0.15, -0.1) is 0 Å². The predicted octanol–water partition coefficient (Wildman–Crippen LogP) is 4.52. The summed E-state index contributed by atoms with van der Waals surface area (Å²) in [5.74, 6) is 0.416. The van der Waals surface area contributed by atoms with Gasteiger partial charge in [-0.1, -0.05) is 56.7 Å². The van der Waals surface area contributed by atoms with E-state index in [1.165, 1.54) is 5.56 Å². The number of allylic oxidation sites excluding steroid dienone is 1. The van der Waals surface area contributed by atoms with E-state index in [0.717, 1.165) is 37.9 Å². The lowest BCUT2D eigenvalue weighted by Gasteiger charge is -2.40. The molecule has 1 fully saturated rings. The van der Waals surface area contributed by atoms with Gasteiger partial charge in [0.05, 0.1) is 6.10 Å². The van der Waals surface area contributed by atoms with E-state index in [1.54, 1.807) is 6.08 Å². The van der Waals surface area contributed by atoms with Crippen LogP contribution in [0.3, 0.4) is 0 Å². The Labute approximate surface area is 152 Å². The topological polar surface area (TPSA) is 38.3 Å². The Morgan fingerprint density at radius 3 is 2.68 bits per heavy atom. The van der Waals surface area contributed by atoms with Gasteiger partial charge in [0.1, 0.15) is 0 Å². The van der Waals surface area contributed by atoms with Crippen LogP contribution in [0.1, 0.15) is 52.5 Å². The second kappa shape index (κ2) is 9.19. The number of hydrogen-bond acceptors (Lipinski definition) is 2. The molecule has 0 saturated carbocycles. The summed E-state index contributed by atoms with van der Waals surface area (Å²) in [7, 11) is 0. The van der Waals surface area contributed by atoms with E-state index in [2.05, 4.69) is 50.4 Å². The van der Waals surface area contributed by atoms with Gasteiger partial charge in [0.2, 0.25) is 5.91 Å². The van der Waals surface area contributed by atoms with Crippen molar-refractivity contribution in [1.82, 2.24) is 5.32 Å². The third-order valence-electron chi connectivity index (χ3n) is 4.87. The SMILES string of the molecule is C/C(=C/C(=O)NCC1CCCOC1C(C)(C)C)CCc1ccccc1. The van der Waals surface area contributed by atoms with E-state index < -0.39 is 0 Å². The zero-order chi connectivity index (χ0) is 18.3. The number of benzene rings is 1. The van der Waals surface area contributed by atoms with Gasteiger partial charge in [-0.3, -0.25) is 4.79 Å². The molecule has 1 aliphatic rings. The molecule has 1 saturated heterocycles. The Balaban J connectivity index is 1.80. The first-order chi connectivity index (χ1) is 11.9. The fourth-order valence-electron chi connectivity index (χ4n) is 3.57. The molecule has 0 aliphatic carbocycles. The summed E-state index contributed by atoms with van der Waals surface area (Å²) in [6.45, 7) is 10.2. The van der Waals surface area contributed by atoms with Gasteiger partial charge < -0.3 is 10.1 Å². The van der Waals surface area contributed by atoms with Crippen LogP contribution < -0.4 is 5.32 Å². The lowest BCUT2D eigenvalue weighted by atomic mass is 9.78. The summed E-state index contributed by atoms with van der Waals surface area (Å²) >= 11 is 0. The molecule has 2 unspecified atom stereocenters. The van der Waals surface area contributed by atoms with Crippen molar-refractivity contribution in [3.63, 3.8) is 0 Å². The Bertz CT molecular complexity index is 571. The van der Waals surface area contributed by atoms with Crippen LogP contribution in [0.2, 0.25) is 0 Å². The number of ether oxygens (including phenoxy) is 1. The first-order valence-electron chi connectivity index (χ1n) is 9.47. The third-order valence-corrected chi connectivity index (χ3v) is 4.87. The summed E-state index contributed by atoms with van der Waals surface area (Å²) in [5, 5.41) is 3.09. The van der Waals surface area contributed by atoms with Crippen LogP contribution in [0, 0.1) is 11.3 Å². The highest BCUT2D eigenvalue weighted by Crippen LogP contribution is 2.33. The molecule has 1 amide bonds. The minimum absolute atomic E-state index is 0.0174. The van der Waals surface area contributed by atoms with Crippen molar-refractivity contribution in [2.45, 2.75) is 59.5 Å².